The molecule has 1 aromatic heterocycles. The minimum Gasteiger partial charge on any atom is -0.404 e. The molecule has 1 aliphatic heterocycles. The molecule has 2 heterocycles. The van der Waals surface area contributed by atoms with Crippen molar-refractivity contribution in [3.63, 3.8) is 0 Å². The summed E-state index contributed by atoms with van der Waals surface area (Å²) in [5.41, 5.74) is 15.8. The normalized spacial score (nSPS) is 24.5. The zero-order valence-corrected chi connectivity index (χ0v) is 33.2. The number of hydrogen-bond acceptors (Lipinski definition) is 5. The summed E-state index contributed by atoms with van der Waals surface area (Å²) in [4.78, 5) is 14.4. The summed E-state index contributed by atoms with van der Waals surface area (Å²) in [5, 5.41) is 0. The quantitative estimate of drug-likeness (QED) is 0.238. The fraction of sp³-hybridized carbons (Fsp3) is 0.609. The number of aromatic nitrogens is 1. The molecule has 278 valence electrons. The predicted octanol–water partition coefficient (Wildman–Crippen LogP) is 11.2. The van der Waals surface area contributed by atoms with Gasteiger partial charge in [0.15, 0.2) is 0 Å². The molecule has 5 heteroatoms. The van der Waals surface area contributed by atoms with Crippen molar-refractivity contribution in [1.82, 2.24) is 9.88 Å². The molecule has 51 heavy (non-hydrogen) atoms. The highest BCUT2D eigenvalue weighted by Gasteiger charge is 2.50. The number of aliphatic imine (C=N–C) groups is 1. The van der Waals surface area contributed by atoms with Gasteiger partial charge in [-0.25, -0.2) is 4.98 Å². The summed E-state index contributed by atoms with van der Waals surface area (Å²) in [5.74, 6) is 2.48. The Morgan fingerprint density at radius 3 is 2.24 bits per heavy atom. The van der Waals surface area contributed by atoms with E-state index in [0.29, 0.717) is 16.7 Å². The maximum absolute atomic E-state index is 6.07. The number of hydrogen-bond donors (Lipinski definition) is 1. The molecule has 2 aromatic rings. The van der Waals surface area contributed by atoms with Gasteiger partial charge in [0.05, 0.1) is 0 Å². The number of nitrogens with zero attached hydrogens (tertiary/aromatic N) is 4. The molecule has 4 aliphatic carbocycles. The maximum Gasteiger partial charge on any atom is 0.133 e. The van der Waals surface area contributed by atoms with Crippen molar-refractivity contribution in [3.8, 4) is 0 Å². The summed E-state index contributed by atoms with van der Waals surface area (Å²) in [6, 6.07) is 11.8. The van der Waals surface area contributed by atoms with Crippen molar-refractivity contribution < 1.29 is 0 Å². The highest BCUT2D eigenvalue weighted by molar-refractivity contribution is 6.09. The molecular formula is C46H69N5. The largest absolute Gasteiger partial charge is 0.404 e. The standard InChI is InChI=1S/C37H52N4.C9H17N/c1-6-30-12-13-34(22-28(30)4)37-18-15-36(16-19-37,17-20-37)26-41(29(5)31-10-8-7-9-11-31)35-23-32(14-21-39-35)33(24-38)25-40-27(2)3;1-8(2)10-6-4-9(3)5-7-10/h12-14,21-25,27,31H,5-11,15-20,26,38H2,1-4H3;9H,1,4-7H2,2-3H3/b33-24+,40-25?;. The van der Waals surface area contributed by atoms with E-state index in [1.807, 2.05) is 12.4 Å². The number of likely N-dealkylation sites (tertiary alicyclic amines) is 1. The third kappa shape index (κ3) is 9.56. The molecule has 0 spiro atoms. The molecule has 1 saturated heterocycles. The van der Waals surface area contributed by atoms with Crippen LogP contribution >= 0.6 is 0 Å². The lowest BCUT2D eigenvalue weighted by molar-refractivity contribution is 0.0459. The summed E-state index contributed by atoms with van der Waals surface area (Å²) in [6.45, 7) is 25.3. The van der Waals surface area contributed by atoms with Gasteiger partial charge in [0.25, 0.3) is 0 Å². The second-order valence-electron chi connectivity index (χ2n) is 17.0. The molecule has 0 unspecified atom stereocenters. The molecule has 2 bridgehead atoms. The molecule has 0 amide bonds. The monoisotopic (exact) mass is 692 g/mol. The van der Waals surface area contributed by atoms with Gasteiger partial charge in [-0.05, 0) is 155 Å². The number of nitrogens with two attached hydrogens (primary N) is 1. The van der Waals surface area contributed by atoms with Crippen molar-refractivity contribution in [2.45, 2.75) is 143 Å². The van der Waals surface area contributed by atoms with Crippen LogP contribution in [0, 0.1) is 24.2 Å². The van der Waals surface area contributed by atoms with Crippen LogP contribution in [0.5, 0.6) is 0 Å². The number of anilines is 1. The number of benzene rings is 1. The maximum atomic E-state index is 6.07. The Bertz CT molecular complexity index is 1510. The van der Waals surface area contributed by atoms with E-state index in [4.69, 9.17) is 17.3 Å². The van der Waals surface area contributed by atoms with Crippen LogP contribution in [0.1, 0.15) is 140 Å². The minimum atomic E-state index is 0.228. The first-order chi connectivity index (χ1) is 24.5. The molecular weight excluding hydrogens is 623 g/mol. The minimum absolute atomic E-state index is 0.228. The van der Waals surface area contributed by atoms with Gasteiger partial charge in [-0.1, -0.05) is 64.5 Å². The Morgan fingerprint density at radius 2 is 1.67 bits per heavy atom. The van der Waals surface area contributed by atoms with Crippen LogP contribution in [0.2, 0.25) is 0 Å². The van der Waals surface area contributed by atoms with Crippen molar-refractivity contribution >= 4 is 17.6 Å². The highest BCUT2D eigenvalue weighted by atomic mass is 15.2. The first kappa shape index (κ1) is 38.9. The van der Waals surface area contributed by atoms with Gasteiger partial charge in [-0.2, -0.15) is 0 Å². The number of pyridine rings is 1. The van der Waals surface area contributed by atoms with Crippen molar-refractivity contribution in [3.05, 3.63) is 89.5 Å². The average Bonchev–Trinajstić information content (AvgIpc) is 3.15. The molecule has 2 N–H and O–H groups in total. The number of fused-ring (bicyclic) bond motifs is 3. The molecule has 7 rings (SSSR count). The SMILES string of the molecule is C=C(C)N1CCC(C)CC1.C=C(C1CCCCC1)N(CC12CCC(c3ccc(CC)c(C)c3)(CC1)CC2)c1cc(/C(C=NC(C)C)=C/N)ccn1. The van der Waals surface area contributed by atoms with E-state index in [9.17, 15) is 0 Å². The second-order valence-corrected chi connectivity index (χ2v) is 17.0. The Balaban J connectivity index is 0.000000435. The zero-order valence-electron chi connectivity index (χ0n) is 33.2. The lowest BCUT2D eigenvalue weighted by atomic mass is 9.51. The summed E-state index contributed by atoms with van der Waals surface area (Å²) in [6.07, 6.45) is 23.5. The first-order valence-corrected chi connectivity index (χ1v) is 20.4. The third-order valence-corrected chi connectivity index (χ3v) is 13.0. The van der Waals surface area contributed by atoms with E-state index in [0.717, 1.165) is 35.8 Å². The Morgan fingerprint density at radius 1 is 1.00 bits per heavy atom. The molecule has 5 fully saturated rings. The van der Waals surface area contributed by atoms with Crippen LogP contribution in [0.15, 0.2) is 72.3 Å². The first-order valence-electron chi connectivity index (χ1n) is 20.4. The van der Waals surface area contributed by atoms with Gasteiger partial charge in [0.2, 0.25) is 0 Å². The molecule has 4 saturated carbocycles. The molecule has 0 atom stereocenters. The number of allylic oxidation sites excluding steroid dienone is 3. The van der Waals surface area contributed by atoms with Crippen molar-refractivity contribution in [1.29, 1.82) is 0 Å². The van der Waals surface area contributed by atoms with Gasteiger partial charge in [-0.15, -0.1) is 0 Å². The van der Waals surface area contributed by atoms with Gasteiger partial charge >= 0.3 is 0 Å². The van der Waals surface area contributed by atoms with E-state index < -0.39 is 0 Å². The van der Waals surface area contributed by atoms with Crippen LogP contribution in [-0.4, -0.2) is 41.8 Å². The Labute approximate surface area is 311 Å². The smallest absolute Gasteiger partial charge is 0.133 e. The Kier molecular flexibility index (Phi) is 13.3. The molecule has 1 aromatic carbocycles. The van der Waals surface area contributed by atoms with Gasteiger partial charge in [0, 0.05) is 61.3 Å². The zero-order chi connectivity index (χ0) is 36.6. The molecule has 5 aliphatic rings. The molecule has 5 nitrogen and oxygen atoms in total. The van der Waals surface area contributed by atoms with Crippen LogP contribution in [0.4, 0.5) is 5.82 Å². The van der Waals surface area contributed by atoms with Crippen LogP contribution < -0.4 is 10.6 Å². The lowest BCUT2D eigenvalue weighted by Crippen LogP contribution is -2.49. The van der Waals surface area contributed by atoms with Crippen LogP contribution in [0.25, 0.3) is 5.57 Å². The van der Waals surface area contributed by atoms with E-state index in [2.05, 4.69) is 93.2 Å². The topological polar surface area (TPSA) is 57.8 Å². The van der Waals surface area contributed by atoms with Crippen LogP contribution in [-0.2, 0) is 11.8 Å². The fourth-order valence-corrected chi connectivity index (χ4v) is 9.26. The summed E-state index contributed by atoms with van der Waals surface area (Å²) >= 11 is 0. The second kappa shape index (κ2) is 17.5. The highest BCUT2D eigenvalue weighted by Crippen LogP contribution is 2.58. The molecule has 0 radical (unpaired) electrons. The van der Waals surface area contributed by atoms with Gasteiger partial charge in [0.1, 0.15) is 5.82 Å². The summed E-state index contributed by atoms with van der Waals surface area (Å²) < 4.78 is 0. The Hall–Kier alpha value is -3.34. The average molecular weight is 692 g/mol. The number of piperidine rings is 1. The van der Waals surface area contributed by atoms with Crippen molar-refractivity contribution in [2.24, 2.45) is 28.0 Å². The van der Waals surface area contributed by atoms with Crippen LogP contribution in [0.3, 0.4) is 0 Å². The number of rotatable bonds is 11. The third-order valence-electron chi connectivity index (χ3n) is 13.0. The van der Waals surface area contributed by atoms with E-state index >= 15 is 0 Å². The summed E-state index contributed by atoms with van der Waals surface area (Å²) in [7, 11) is 0. The number of aryl methyl sites for hydroxylation is 2. The fourth-order valence-electron chi connectivity index (χ4n) is 9.26. The van der Waals surface area contributed by atoms with E-state index in [1.54, 1.807) is 11.8 Å². The van der Waals surface area contributed by atoms with Crippen molar-refractivity contribution in [2.75, 3.05) is 24.5 Å². The van der Waals surface area contributed by atoms with E-state index in [1.165, 1.54) is 119 Å². The van der Waals surface area contributed by atoms with Gasteiger partial charge < -0.3 is 15.5 Å². The van der Waals surface area contributed by atoms with Gasteiger partial charge in [-0.3, -0.25) is 4.99 Å². The predicted molar refractivity (Wildman–Crippen MR) is 220 cm³/mol. The van der Waals surface area contributed by atoms with E-state index in [-0.39, 0.29) is 6.04 Å². The lowest BCUT2D eigenvalue weighted by Gasteiger charge is -2.55.